The molecule has 1 aromatic heterocycles. The molecule has 11 heteroatoms. The van der Waals surface area contributed by atoms with E-state index in [2.05, 4.69) is 27.1 Å². The van der Waals surface area contributed by atoms with E-state index < -0.39 is 12.1 Å². The fourth-order valence-electron chi connectivity index (χ4n) is 4.27. The van der Waals surface area contributed by atoms with Crippen LogP contribution in [0.3, 0.4) is 0 Å². The molecule has 0 unspecified atom stereocenters. The summed E-state index contributed by atoms with van der Waals surface area (Å²) in [6, 6.07) is 19.3. The first-order chi connectivity index (χ1) is 18.4. The van der Waals surface area contributed by atoms with Crippen molar-refractivity contribution in [2.45, 2.75) is 38.5 Å². The molecule has 0 spiro atoms. The molecule has 0 atom stereocenters. The van der Waals surface area contributed by atoms with E-state index in [-0.39, 0.29) is 5.91 Å². The monoisotopic (exact) mass is 544 g/mol. The summed E-state index contributed by atoms with van der Waals surface area (Å²) in [5, 5.41) is 19.8. The lowest BCUT2D eigenvalue weighted by molar-refractivity contribution is -0.192. The van der Waals surface area contributed by atoms with Crippen molar-refractivity contribution in [2.24, 2.45) is 0 Å². The van der Waals surface area contributed by atoms with Crippen LogP contribution in [0.5, 0.6) is 5.75 Å². The largest absolute Gasteiger partial charge is 0.508 e. The van der Waals surface area contributed by atoms with Crippen molar-refractivity contribution in [1.29, 1.82) is 0 Å². The summed E-state index contributed by atoms with van der Waals surface area (Å²) >= 11 is 0. The summed E-state index contributed by atoms with van der Waals surface area (Å²) in [7, 11) is 2.14. The first-order valence-electron chi connectivity index (χ1n) is 12.3. The molecule has 2 aromatic carbocycles. The van der Waals surface area contributed by atoms with Gasteiger partial charge in [-0.1, -0.05) is 29.8 Å². The quantitative estimate of drug-likeness (QED) is 0.397. The highest BCUT2D eigenvalue weighted by molar-refractivity contribution is 6.04. The number of nitrogens with zero attached hydrogens (tertiary/aromatic N) is 3. The summed E-state index contributed by atoms with van der Waals surface area (Å²) in [6.45, 7) is 4.62. The Hall–Kier alpha value is -4.12. The van der Waals surface area contributed by atoms with Crippen molar-refractivity contribution in [3.63, 3.8) is 0 Å². The van der Waals surface area contributed by atoms with E-state index in [1.165, 1.54) is 0 Å². The lowest BCUT2D eigenvalue weighted by Crippen LogP contribution is -2.43. The van der Waals surface area contributed by atoms with E-state index in [9.17, 15) is 23.1 Å². The number of carbonyl (C=O) groups excluding carboxylic acids is 1. The van der Waals surface area contributed by atoms with E-state index in [0.29, 0.717) is 17.4 Å². The first kappa shape index (κ1) is 29.4. The first-order valence-corrected chi connectivity index (χ1v) is 12.3. The number of carboxylic acids is 1. The standard InChI is InChI=1S/C26H30N4O2.C2HF3O2/c1-19-5-3-7-21(15-19)26(32)28-22-9-12-27-25(17-22)30-13-10-23(11-14-30)29(2)18-20-6-4-8-24(31)16-20;3-2(4,5)1(6)7/h3-9,12,15-17,23,31H,10-11,13-14,18H2,1-2H3,(H,27,28,32);(H,6,7). The van der Waals surface area contributed by atoms with Gasteiger partial charge < -0.3 is 20.4 Å². The highest BCUT2D eigenvalue weighted by Crippen LogP contribution is 2.24. The van der Waals surface area contributed by atoms with E-state index in [1.54, 1.807) is 12.3 Å². The van der Waals surface area contributed by atoms with Crippen LogP contribution >= 0.6 is 0 Å². The molecule has 8 nitrogen and oxygen atoms in total. The van der Waals surface area contributed by atoms with Crippen molar-refractivity contribution >= 4 is 23.4 Å². The smallest absolute Gasteiger partial charge is 0.490 e. The number of hydrogen-bond donors (Lipinski definition) is 3. The number of aromatic nitrogens is 1. The van der Waals surface area contributed by atoms with Gasteiger partial charge in [0.1, 0.15) is 11.6 Å². The van der Waals surface area contributed by atoms with Crippen molar-refractivity contribution in [3.05, 3.63) is 83.6 Å². The Balaban J connectivity index is 0.000000532. The van der Waals surface area contributed by atoms with E-state index in [1.807, 2.05) is 61.5 Å². The maximum absolute atomic E-state index is 12.6. The summed E-state index contributed by atoms with van der Waals surface area (Å²) in [5.74, 6) is -1.67. The average molecular weight is 545 g/mol. The number of carboxylic acid groups (broad SMARTS) is 1. The fourth-order valence-corrected chi connectivity index (χ4v) is 4.27. The Labute approximate surface area is 224 Å². The molecule has 0 radical (unpaired) electrons. The molecular weight excluding hydrogens is 513 g/mol. The predicted octanol–water partition coefficient (Wildman–Crippen LogP) is 5.08. The number of alkyl halides is 3. The van der Waals surface area contributed by atoms with Crippen LogP contribution < -0.4 is 10.2 Å². The maximum Gasteiger partial charge on any atom is 0.490 e. The van der Waals surface area contributed by atoms with Gasteiger partial charge in [0.25, 0.3) is 5.91 Å². The van der Waals surface area contributed by atoms with Crippen molar-refractivity contribution in [3.8, 4) is 5.75 Å². The Bertz CT molecular complexity index is 1280. The van der Waals surface area contributed by atoms with Crippen LogP contribution in [0.1, 0.15) is 34.3 Å². The van der Waals surface area contributed by atoms with Gasteiger partial charge in [0, 0.05) is 49.2 Å². The number of aryl methyl sites for hydroxylation is 1. The Morgan fingerprint density at radius 1 is 1.08 bits per heavy atom. The normalized spacial score (nSPS) is 13.9. The summed E-state index contributed by atoms with van der Waals surface area (Å²) in [4.78, 5) is 30.6. The van der Waals surface area contributed by atoms with E-state index >= 15 is 0 Å². The van der Waals surface area contributed by atoms with Crippen LogP contribution in [0.15, 0.2) is 66.9 Å². The number of rotatable bonds is 6. The highest BCUT2D eigenvalue weighted by Gasteiger charge is 2.38. The molecule has 0 saturated carbocycles. The predicted molar refractivity (Wildman–Crippen MR) is 142 cm³/mol. The molecular formula is C28H31F3N4O4. The molecule has 39 heavy (non-hydrogen) atoms. The minimum absolute atomic E-state index is 0.113. The third kappa shape index (κ3) is 8.99. The van der Waals surface area contributed by atoms with Crippen LogP contribution in [0.25, 0.3) is 0 Å². The molecule has 1 saturated heterocycles. The molecule has 1 amide bonds. The average Bonchev–Trinajstić information content (AvgIpc) is 2.89. The van der Waals surface area contributed by atoms with Gasteiger partial charge in [-0.15, -0.1) is 0 Å². The van der Waals surface area contributed by atoms with Crippen LogP contribution in [0, 0.1) is 6.92 Å². The minimum atomic E-state index is -5.08. The Kier molecular flexibility index (Phi) is 9.89. The molecule has 3 aromatic rings. The molecule has 1 aliphatic rings. The molecule has 0 bridgehead atoms. The molecule has 4 rings (SSSR count). The molecule has 2 heterocycles. The van der Waals surface area contributed by atoms with E-state index in [0.717, 1.165) is 55.1 Å². The number of nitrogens with one attached hydrogen (secondary N) is 1. The van der Waals surface area contributed by atoms with Crippen LogP contribution in [-0.4, -0.2) is 64.3 Å². The van der Waals surface area contributed by atoms with E-state index in [4.69, 9.17) is 9.90 Å². The van der Waals surface area contributed by atoms with Gasteiger partial charge in [-0.2, -0.15) is 13.2 Å². The third-order valence-corrected chi connectivity index (χ3v) is 6.28. The number of aliphatic carboxylic acids is 1. The van der Waals surface area contributed by atoms with Crippen molar-refractivity contribution < 1.29 is 33.0 Å². The SMILES string of the molecule is Cc1cccc(C(=O)Nc2ccnc(N3CCC(N(C)Cc4cccc(O)c4)CC3)c2)c1.O=C(O)C(F)(F)F. The lowest BCUT2D eigenvalue weighted by Gasteiger charge is -2.37. The zero-order valence-electron chi connectivity index (χ0n) is 21.7. The molecule has 1 aliphatic heterocycles. The number of phenolic OH excluding ortho intramolecular Hbond substituents is 1. The van der Waals surface area contributed by atoms with Crippen molar-refractivity contribution in [2.75, 3.05) is 30.4 Å². The van der Waals surface area contributed by atoms with Crippen molar-refractivity contribution in [1.82, 2.24) is 9.88 Å². The Morgan fingerprint density at radius 3 is 2.36 bits per heavy atom. The number of benzene rings is 2. The number of aromatic hydroxyl groups is 1. The number of amides is 1. The molecule has 3 N–H and O–H groups in total. The fraction of sp³-hybridized carbons (Fsp3) is 0.321. The zero-order valence-corrected chi connectivity index (χ0v) is 21.7. The number of phenols is 1. The molecule has 0 aliphatic carbocycles. The topological polar surface area (TPSA) is 106 Å². The van der Waals surface area contributed by atoms with Crippen LogP contribution in [0.4, 0.5) is 24.7 Å². The summed E-state index contributed by atoms with van der Waals surface area (Å²) < 4.78 is 31.7. The van der Waals surface area contributed by atoms with Gasteiger partial charge in [-0.3, -0.25) is 9.69 Å². The third-order valence-electron chi connectivity index (χ3n) is 6.28. The number of halogens is 3. The van der Waals surface area contributed by atoms with Gasteiger partial charge in [0.2, 0.25) is 0 Å². The molecule has 1 fully saturated rings. The molecule has 208 valence electrons. The number of carbonyl (C=O) groups is 2. The number of hydrogen-bond acceptors (Lipinski definition) is 6. The number of piperidine rings is 1. The van der Waals surface area contributed by atoms with Gasteiger partial charge in [0.05, 0.1) is 0 Å². The second-order valence-corrected chi connectivity index (χ2v) is 9.33. The van der Waals surface area contributed by atoms with Gasteiger partial charge in [-0.05, 0) is 62.7 Å². The van der Waals surface area contributed by atoms with Gasteiger partial charge in [0.15, 0.2) is 0 Å². The summed E-state index contributed by atoms with van der Waals surface area (Å²) in [5.41, 5.74) is 3.59. The summed E-state index contributed by atoms with van der Waals surface area (Å²) in [6.07, 6.45) is -1.25. The number of pyridine rings is 1. The van der Waals surface area contributed by atoms with Crippen LogP contribution in [-0.2, 0) is 11.3 Å². The minimum Gasteiger partial charge on any atom is -0.508 e. The maximum atomic E-state index is 12.6. The Morgan fingerprint density at radius 2 is 1.74 bits per heavy atom. The van der Waals surface area contributed by atoms with Gasteiger partial charge >= 0.3 is 12.1 Å². The van der Waals surface area contributed by atoms with Gasteiger partial charge in [-0.25, -0.2) is 9.78 Å². The second-order valence-electron chi connectivity index (χ2n) is 9.33. The highest BCUT2D eigenvalue weighted by atomic mass is 19.4. The van der Waals surface area contributed by atoms with Crippen LogP contribution in [0.2, 0.25) is 0 Å². The number of anilines is 2. The zero-order chi connectivity index (χ0) is 28.6. The second kappa shape index (κ2) is 13.1. The lowest BCUT2D eigenvalue weighted by atomic mass is 10.0.